The summed E-state index contributed by atoms with van der Waals surface area (Å²) in [5, 5.41) is 9.26. The summed E-state index contributed by atoms with van der Waals surface area (Å²) in [5.41, 5.74) is 4.92. The molecule has 53 heavy (non-hydrogen) atoms. The highest BCUT2D eigenvalue weighted by molar-refractivity contribution is 6.19. The van der Waals surface area contributed by atoms with Gasteiger partial charge in [-0.1, -0.05) is 42.5 Å². The Morgan fingerprint density at radius 2 is 1.72 bits per heavy atom. The summed E-state index contributed by atoms with van der Waals surface area (Å²) in [6, 6.07) is 29.5. The fourth-order valence-corrected chi connectivity index (χ4v) is 6.29. The van der Waals surface area contributed by atoms with Crippen LogP contribution in [0.1, 0.15) is 22.8 Å². The summed E-state index contributed by atoms with van der Waals surface area (Å²) in [5.74, 6) is 0.0214. The smallest absolute Gasteiger partial charge is 0.347 e. The Balaban J connectivity index is 0.900. The van der Waals surface area contributed by atoms with E-state index in [4.69, 9.17) is 23.4 Å². The van der Waals surface area contributed by atoms with Gasteiger partial charge in [0.1, 0.15) is 23.7 Å². The number of rotatable bonds is 15. The normalized spacial score (nSPS) is 12.7. The molecule has 0 bridgehead atoms. The van der Waals surface area contributed by atoms with Gasteiger partial charge < -0.3 is 34.0 Å². The highest BCUT2D eigenvalue weighted by atomic mass is 16.5. The van der Waals surface area contributed by atoms with Gasteiger partial charge in [0.05, 0.1) is 19.8 Å². The van der Waals surface area contributed by atoms with E-state index in [1.807, 2.05) is 60.7 Å². The zero-order chi connectivity index (χ0) is 36.7. The maximum atomic E-state index is 12.2. The van der Waals surface area contributed by atoms with Crippen molar-refractivity contribution in [2.45, 2.75) is 13.5 Å². The zero-order valence-electron chi connectivity index (χ0n) is 28.9. The van der Waals surface area contributed by atoms with Crippen LogP contribution in [0.3, 0.4) is 0 Å². The summed E-state index contributed by atoms with van der Waals surface area (Å²) in [6.45, 7) is 4.16. The molecule has 268 valence electrons. The number of fused-ring (bicyclic) bond motifs is 3. The van der Waals surface area contributed by atoms with E-state index in [0.29, 0.717) is 61.3 Å². The second-order valence-corrected chi connectivity index (χ2v) is 12.3. The number of hydrogen-bond donors (Lipinski definition) is 2. The van der Waals surface area contributed by atoms with Crippen molar-refractivity contribution in [1.29, 1.82) is 0 Å². The minimum Gasteiger partial charge on any atom is -0.491 e. The molecule has 2 aliphatic heterocycles. The fraction of sp³-hybridized carbons (Fsp3) is 0.190. The minimum atomic E-state index is -0.696. The molecule has 1 aliphatic carbocycles. The van der Waals surface area contributed by atoms with Crippen LogP contribution in [0.5, 0.6) is 5.75 Å². The SMILES string of the molecule is CCOC(=O)C1=C(Nc2ccc3cc(CNCCOCCOc4ccc5c(-c6ccccc6C=O)c6ccc(=O)cc-6oc5c4)ccc3c2)OCC1=O. The lowest BCUT2D eigenvalue weighted by molar-refractivity contribution is -0.139. The lowest BCUT2D eigenvalue weighted by Crippen LogP contribution is -2.20. The van der Waals surface area contributed by atoms with Gasteiger partial charge in [-0.3, -0.25) is 14.4 Å². The Kier molecular flexibility index (Phi) is 10.6. The summed E-state index contributed by atoms with van der Waals surface area (Å²) in [4.78, 5) is 48.4. The van der Waals surface area contributed by atoms with Gasteiger partial charge in [-0.25, -0.2) is 4.79 Å². The number of aldehydes is 1. The number of anilines is 1. The first-order chi connectivity index (χ1) is 25.9. The molecule has 0 atom stereocenters. The Hall–Kier alpha value is -6.30. The van der Waals surface area contributed by atoms with Gasteiger partial charge in [0.15, 0.2) is 23.9 Å². The number of carbonyl (C=O) groups is 3. The van der Waals surface area contributed by atoms with Gasteiger partial charge in [-0.15, -0.1) is 0 Å². The number of hydrogen-bond acceptors (Lipinski definition) is 11. The van der Waals surface area contributed by atoms with Gasteiger partial charge in [0.2, 0.25) is 11.7 Å². The molecule has 0 saturated heterocycles. The van der Waals surface area contributed by atoms with Crippen LogP contribution in [-0.2, 0) is 30.3 Å². The molecule has 0 aromatic heterocycles. The minimum absolute atomic E-state index is 0.101. The quantitative estimate of drug-likeness (QED) is 0.0396. The molecule has 11 nitrogen and oxygen atoms in total. The molecule has 7 rings (SSSR count). The van der Waals surface area contributed by atoms with E-state index in [9.17, 15) is 19.2 Å². The van der Waals surface area contributed by atoms with Crippen LogP contribution in [0.15, 0.2) is 118 Å². The van der Waals surface area contributed by atoms with Crippen LogP contribution in [0.25, 0.3) is 44.2 Å². The Morgan fingerprint density at radius 3 is 2.58 bits per heavy atom. The third kappa shape index (κ3) is 7.81. The van der Waals surface area contributed by atoms with Crippen molar-refractivity contribution in [3.8, 4) is 28.2 Å². The largest absolute Gasteiger partial charge is 0.491 e. The number of ether oxygens (including phenoxy) is 4. The lowest BCUT2D eigenvalue weighted by Gasteiger charge is -2.17. The van der Waals surface area contributed by atoms with E-state index in [-0.39, 0.29) is 30.1 Å². The maximum absolute atomic E-state index is 12.2. The standard InChI is InChI=1S/C42H36N2O9/c1-2-50-42(48)40-36(47)25-52-41(40)44-30-10-9-27-19-26(7-8-28(27)20-30)23-43-15-16-49-17-18-51-32-12-14-35-38(22-32)53-37-21-31(46)11-13-34(37)39(35)33-6-4-3-5-29(33)24-45/h3-14,19-22,24,43-44H,2,15-18,23,25H2,1H3. The summed E-state index contributed by atoms with van der Waals surface area (Å²) in [6.07, 6.45) is 0.828. The molecule has 11 heteroatoms. The van der Waals surface area contributed by atoms with Gasteiger partial charge in [0, 0.05) is 53.0 Å². The van der Waals surface area contributed by atoms with E-state index in [1.165, 1.54) is 12.1 Å². The summed E-state index contributed by atoms with van der Waals surface area (Å²) < 4.78 is 28.3. The molecule has 0 amide bonds. The van der Waals surface area contributed by atoms with E-state index >= 15 is 0 Å². The van der Waals surface area contributed by atoms with E-state index in [1.54, 1.807) is 25.1 Å². The van der Waals surface area contributed by atoms with Crippen LogP contribution in [0, 0.1) is 0 Å². The van der Waals surface area contributed by atoms with Gasteiger partial charge >= 0.3 is 5.97 Å². The van der Waals surface area contributed by atoms with E-state index < -0.39 is 11.8 Å². The highest BCUT2D eigenvalue weighted by Crippen LogP contribution is 2.41. The Bertz CT molecular complexity index is 2400. The number of Topliss-reactive ketones (excluding diaryl/α,β-unsaturated/α-hetero) is 1. The van der Waals surface area contributed by atoms with Crippen molar-refractivity contribution in [1.82, 2.24) is 5.32 Å². The molecular formula is C42H36N2O9. The molecule has 0 fully saturated rings. The molecule has 0 radical (unpaired) electrons. The molecule has 2 N–H and O–H groups in total. The summed E-state index contributed by atoms with van der Waals surface area (Å²) >= 11 is 0. The molecule has 0 spiro atoms. The van der Waals surface area contributed by atoms with E-state index in [0.717, 1.165) is 44.7 Å². The Morgan fingerprint density at radius 1 is 0.868 bits per heavy atom. The molecule has 4 aromatic rings. The average Bonchev–Trinajstić information content (AvgIpc) is 3.53. The highest BCUT2D eigenvalue weighted by Gasteiger charge is 2.32. The van der Waals surface area contributed by atoms with Crippen molar-refractivity contribution in [3.63, 3.8) is 0 Å². The van der Waals surface area contributed by atoms with Crippen molar-refractivity contribution in [3.05, 3.63) is 130 Å². The first kappa shape index (κ1) is 35.1. The topological polar surface area (TPSA) is 142 Å². The number of benzene rings is 5. The molecule has 2 heterocycles. The first-order valence-corrected chi connectivity index (χ1v) is 17.3. The van der Waals surface area contributed by atoms with Crippen LogP contribution >= 0.6 is 0 Å². The van der Waals surface area contributed by atoms with Crippen molar-refractivity contribution < 1.29 is 37.7 Å². The average molecular weight is 713 g/mol. The molecular weight excluding hydrogens is 676 g/mol. The van der Waals surface area contributed by atoms with Crippen LogP contribution in [0.2, 0.25) is 0 Å². The third-order valence-electron chi connectivity index (χ3n) is 8.77. The van der Waals surface area contributed by atoms with Crippen molar-refractivity contribution in [2.75, 3.05) is 44.9 Å². The summed E-state index contributed by atoms with van der Waals surface area (Å²) in [7, 11) is 0. The third-order valence-corrected chi connectivity index (χ3v) is 8.77. The molecule has 0 saturated carbocycles. The second kappa shape index (κ2) is 15.9. The fourth-order valence-electron chi connectivity index (χ4n) is 6.29. The van der Waals surface area contributed by atoms with E-state index in [2.05, 4.69) is 16.7 Å². The molecule has 0 unspecified atom stereocenters. The predicted octanol–water partition coefficient (Wildman–Crippen LogP) is 6.50. The molecule has 4 aromatic carbocycles. The maximum Gasteiger partial charge on any atom is 0.347 e. The van der Waals surface area contributed by atoms with Crippen molar-refractivity contribution >= 4 is 45.5 Å². The van der Waals surface area contributed by atoms with Crippen molar-refractivity contribution in [2.24, 2.45) is 0 Å². The molecule has 3 aliphatic rings. The zero-order valence-corrected chi connectivity index (χ0v) is 28.9. The van der Waals surface area contributed by atoms with Gasteiger partial charge in [0.25, 0.3) is 0 Å². The number of esters is 1. The van der Waals surface area contributed by atoms with Gasteiger partial charge in [-0.2, -0.15) is 0 Å². The lowest BCUT2D eigenvalue weighted by atomic mass is 9.91. The Labute approximate surface area is 304 Å². The van der Waals surface area contributed by atoms with Gasteiger partial charge in [-0.05, 0) is 71.3 Å². The predicted molar refractivity (Wildman–Crippen MR) is 200 cm³/mol. The van der Waals surface area contributed by atoms with Crippen LogP contribution < -0.4 is 20.8 Å². The van der Waals surface area contributed by atoms with Crippen LogP contribution in [-0.4, -0.2) is 57.6 Å². The number of carbonyl (C=O) groups excluding carboxylic acids is 3. The first-order valence-electron chi connectivity index (χ1n) is 17.3. The number of ketones is 1. The number of nitrogens with one attached hydrogen (secondary N) is 2. The second-order valence-electron chi connectivity index (χ2n) is 12.3. The monoisotopic (exact) mass is 712 g/mol. The van der Waals surface area contributed by atoms with Crippen LogP contribution in [0.4, 0.5) is 5.69 Å².